The van der Waals surface area contributed by atoms with Gasteiger partial charge in [-0.05, 0) is 31.7 Å². The van der Waals surface area contributed by atoms with Crippen LogP contribution < -0.4 is 4.74 Å². The van der Waals surface area contributed by atoms with E-state index in [1.165, 1.54) is 6.42 Å². The first kappa shape index (κ1) is 17.8. The minimum absolute atomic E-state index is 0.0409. The lowest BCUT2D eigenvalue weighted by Gasteiger charge is -2.26. The van der Waals surface area contributed by atoms with Gasteiger partial charge < -0.3 is 19.5 Å². The zero-order valence-electron chi connectivity index (χ0n) is 13.9. The molecule has 5 nitrogen and oxygen atoms in total. The number of methoxy groups -OCH3 is 1. The number of carbonyl (C=O) groups is 1. The summed E-state index contributed by atoms with van der Waals surface area (Å²) in [5.74, 6) is 0.818. The van der Waals surface area contributed by atoms with Gasteiger partial charge >= 0.3 is 0 Å². The van der Waals surface area contributed by atoms with Gasteiger partial charge in [-0.25, -0.2) is 0 Å². The number of hydrogen-bond acceptors (Lipinski definition) is 4. The van der Waals surface area contributed by atoms with Crippen LogP contribution in [0.3, 0.4) is 0 Å². The maximum absolute atomic E-state index is 12.5. The van der Waals surface area contributed by atoms with E-state index in [2.05, 4.69) is 0 Å². The van der Waals surface area contributed by atoms with Gasteiger partial charge in [-0.1, -0.05) is 18.2 Å². The summed E-state index contributed by atoms with van der Waals surface area (Å²) in [4.78, 5) is 14.2. The second kappa shape index (κ2) is 9.53. The molecule has 0 aliphatic carbocycles. The van der Waals surface area contributed by atoms with E-state index in [0.29, 0.717) is 19.5 Å². The highest BCUT2D eigenvalue weighted by Gasteiger charge is 2.19. The van der Waals surface area contributed by atoms with Crippen LogP contribution in [0, 0.1) is 0 Å². The quantitative estimate of drug-likeness (QED) is 0.798. The van der Waals surface area contributed by atoms with Crippen molar-refractivity contribution in [3.8, 4) is 5.75 Å². The third-order valence-electron chi connectivity index (χ3n) is 4.23. The summed E-state index contributed by atoms with van der Waals surface area (Å²) in [7, 11) is 1.62. The summed E-state index contributed by atoms with van der Waals surface area (Å²) in [5, 5.41) is 9.26. The molecule has 1 heterocycles. The number of ether oxygens (including phenoxy) is 2. The number of aliphatic hydroxyl groups is 1. The molecule has 5 heteroatoms. The molecule has 0 bridgehead atoms. The molecule has 0 radical (unpaired) electrons. The molecule has 0 saturated carbocycles. The Morgan fingerprint density at radius 3 is 2.91 bits per heavy atom. The monoisotopic (exact) mass is 321 g/mol. The third-order valence-corrected chi connectivity index (χ3v) is 4.23. The first-order valence-electron chi connectivity index (χ1n) is 8.36. The molecule has 1 unspecified atom stereocenters. The number of para-hydroxylation sites is 1. The molecule has 1 aliphatic heterocycles. The van der Waals surface area contributed by atoms with Crippen molar-refractivity contribution >= 4 is 5.91 Å². The van der Waals surface area contributed by atoms with E-state index in [9.17, 15) is 9.90 Å². The SMILES string of the molecule is COc1ccccc1CN(CCO)C(=O)CCC1CCCCO1. The first-order valence-corrected chi connectivity index (χ1v) is 8.36. The maximum atomic E-state index is 12.5. The molecule has 23 heavy (non-hydrogen) atoms. The number of carbonyl (C=O) groups excluding carboxylic acids is 1. The average molecular weight is 321 g/mol. The largest absolute Gasteiger partial charge is 0.496 e. The smallest absolute Gasteiger partial charge is 0.223 e. The van der Waals surface area contributed by atoms with Crippen LogP contribution in [0.2, 0.25) is 0 Å². The molecule has 1 aromatic rings. The lowest BCUT2D eigenvalue weighted by molar-refractivity contribution is -0.133. The highest BCUT2D eigenvalue weighted by atomic mass is 16.5. The van der Waals surface area contributed by atoms with Crippen molar-refractivity contribution in [3.63, 3.8) is 0 Å². The van der Waals surface area contributed by atoms with E-state index in [1.54, 1.807) is 12.0 Å². The molecule has 1 amide bonds. The number of benzene rings is 1. The number of aliphatic hydroxyl groups excluding tert-OH is 1. The molecule has 0 spiro atoms. The second-order valence-corrected chi connectivity index (χ2v) is 5.88. The number of rotatable bonds is 8. The Kier molecular flexibility index (Phi) is 7.36. The molecule has 0 aromatic heterocycles. The van der Waals surface area contributed by atoms with E-state index in [4.69, 9.17) is 9.47 Å². The van der Waals surface area contributed by atoms with Gasteiger partial charge in [0.2, 0.25) is 5.91 Å². The van der Waals surface area contributed by atoms with Crippen LogP contribution in [0.25, 0.3) is 0 Å². The molecule has 1 aromatic carbocycles. The molecule has 2 rings (SSSR count). The first-order chi connectivity index (χ1) is 11.2. The van der Waals surface area contributed by atoms with Gasteiger partial charge in [0.1, 0.15) is 5.75 Å². The molecular weight excluding hydrogens is 294 g/mol. The van der Waals surface area contributed by atoms with Crippen LogP contribution in [0.15, 0.2) is 24.3 Å². The van der Waals surface area contributed by atoms with Crippen molar-refractivity contribution in [2.45, 2.75) is 44.8 Å². The number of amides is 1. The highest BCUT2D eigenvalue weighted by molar-refractivity contribution is 5.76. The molecule has 1 N–H and O–H groups in total. The Balaban J connectivity index is 1.92. The summed E-state index contributed by atoms with van der Waals surface area (Å²) in [5.41, 5.74) is 0.950. The molecule has 1 saturated heterocycles. The Labute approximate surface area is 138 Å². The minimum atomic E-state index is -0.0409. The Morgan fingerprint density at radius 1 is 1.39 bits per heavy atom. The summed E-state index contributed by atoms with van der Waals surface area (Å²) in [6, 6.07) is 7.66. The summed E-state index contributed by atoms with van der Waals surface area (Å²) in [6.07, 6.45) is 4.76. The van der Waals surface area contributed by atoms with Crippen molar-refractivity contribution in [2.24, 2.45) is 0 Å². The topological polar surface area (TPSA) is 59.0 Å². The Hall–Kier alpha value is -1.59. The van der Waals surface area contributed by atoms with Crippen LogP contribution in [0.4, 0.5) is 0 Å². The van der Waals surface area contributed by atoms with Crippen LogP contribution >= 0.6 is 0 Å². The predicted octanol–water partition coefficient (Wildman–Crippen LogP) is 2.37. The fraction of sp³-hybridized carbons (Fsp3) is 0.611. The van der Waals surface area contributed by atoms with Gasteiger partial charge in [-0.15, -0.1) is 0 Å². The van der Waals surface area contributed by atoms with Gasteiger partial charge in [-0.2, -0.15) is 0 Å². The van der Waals surface area contributed by atoms with E-state index in [0.717, 1.165) is 37.2 Å². The Bertz CT molecular complexity index is 486. The number of nitrogens with zero attached hydrogens (tertiary/aromatic N) is 1. The van der Waals surface area contributed by atoms with Crippen molar-refractivity contribution in [2.75, 3.05) is 26.9 Å². The molecular formula is C18H27NO4. The minimum Gasteiger partial charge on any atom is -0.496 e. The fourth-order valence-electron chi connectivity index (χ4n) is 2.93. The maximum Gasteiger partial charge on any atom is 0.223 e. The summed E-state index contributed by atoms with van der Waals surface area (Å²) >= 11 is 0. The lowest BCUT2D eigenvalue weighted by atomic mass is 10.0. The standard InChI is InChI=1S/C18H27NO4/c1-22-17-8-3-2-6-15(17)14-19(11-12-20)18(21)10-9-16-7-4-5-13-23-16/h2-3,6,8,16,20H,4-5,7,9-14H2,1H3. The van der Waals surface area contributed by atoms with Gasteiger partial charge in [0.25, 0.3) is 0 Å². The molecule has 1 atom stereocenters. The Morgan fingerprint density at radius 2 is 2.22 bits per heavy atom. The van der Waals surface area contributed by atoms with Crippen molar-refractivity contribution in [3.05, 3.63) is 29.8 Å². The molecule has 1 aliphatic rings. The molecule has 1 fully saturated rings. The third kappa shape index (κ3) is 5.52. The van der Waals surface area contributed by atoms with Gasteiger partial charge in [0, 0.05) is 31.7 Å². The van der Waals surface area contributed by atoms with Gasteiger partial charge in [0.05, 0.1) is 19.8 Å². The predicted molar refractivity (Wildman–Crippen MR) is 88.3 cm³/mol. The van der Waals surface area contributed by atoms with Crippen LogP contribution in [0.5, 0.6) is 5.75 Å². The van der Waals surface area contributed by atoms with E-state index >= 15 is 0 Å². The van der Waals surface area contributed by atoms with Crippen molar-refractivity contribution in [1.29, 1.82) is 0 Å². The van der Waals surface area contributed by atoms with Gasteiger partial charge in [-0.3, -0.25) is 4.79 Å². The summed E-state index contributed by atoms with van der Waals surface area (Å²) < 4.78 is 11.0. The molecule has 128 valence electrons. The fourth-order valence-corrected chi connectivity index (χ4v) is 2.93. The van der Waals surface area contributed by atoms with E-state index in [-0.39, 0.29) is 18.6 Å². The normalized spacial score (nSPS) is 17.7. The summed E-state index contributed by atoms with van der Waals surface area (Å²) in [6.45, 7) is 1.55. The van der Waals surface area contributed by atoms with Crippen LogP contribution in [0.1, 0.15) is 37.7 Å². The number of hydrogen-bond donors (Lipinski definition) is 1. The highest BCUT2D eigenvalue weighted by Crippen LogP contribution is 2.21. The van der Waals surface area contributed by atoms with E-state index < -0.39 is 0 Å². The zero-order chi connectivity index (χ0) is 16.5. The average Bonchev–Trinajstić information content (AvgIpc) is 2.60. The zero-order valence-corrected chi connectivity index (χ0v) is 13.9. The van der Waals surface area contributed by atoms with Crippen molar-refractivity contribution in [1.82, 2.24) is 4.90 Å². The second-order valence-electron chi connectivity index (χ2n) is 5.88. The van der Waals surface area contributed by atoms with Crippen LogP contribution in [-0.4, -0.2) is 48.9 Å². The van der Waals surface area contributed by atoms with E-state index in [1.807, 2.05) is 24.3 Å². The van der Waals surface area contributed by atoms with Crippen LogP contribution in [-0.2, 0) is 16.1 Å². The lowest BCUT2D eigenvalue weighted by Crippen LogP contribution is -2.34. The van der Waals surface area contributed by atoms with Gasteiger partial charge in [0.15, 0.2) is 0 Å². The van der Waals surface area contributed by atoms with Crippen molar-refractivity contribution < 1.29 is 19.4 Å².